The lowest BCUT2D eigenvalue weighted by Crippen LogP contribution is -2.39. The second-order valence-corrected chi connectivity index (χ2v) is 5.67. The molecule has 2 heterocycles. The van der Waals surface area contributed by atoms with Crippen molar-refractivity contribution in [1.82, 2.24) is 15.0 Å². The molecule has 0 saturated carbocycles. The van der Waals surface area contributed by atoms with Crippen LogP contribution in [0, 0.1) is 0 Å². The predicted molar refractivity (Wildman–Crippen MR) is 80.4 cm³/mol. The summed E-state index contributed by atoms with van der Waals surface area (Å²) in [6, 6.07) is 0.402. The molecule has 1 aromatic rings. The molecule has 1 aromatic heterocycles. The fraction of sp³-hybridized carbons (Fsp3) is 0.786. The van der Waals surface area contributed by atoms with Gasteiger partial charge in [-0.3, -0.25) is 0 Å². The number of aromatic nitrogens is 3. The lowest BCUT2D eigenvalue weighted by Gasteiger charge is -2.31. The third-order valence-electron chi connectivity index (χ3n) is 3.55. The summed E-state index contributed by atoms with van der Waals surface area (Å²) in [6.45, 7) is 10.9. The van der Waals surface area contributed by atoms with Gasteiger partial charge in [0.25, 0.3) is 0 Å². The topological polar surface area (TPSA) is 63.2 Å². The summed E-state index contributed by atoms with van der Waals surface area (Å²) in [4.78, 5) is 15.5. The van der Waals surface area contributed by atoms with Crippen molar-refractivity contribution in [3.05, 3.63) is 0 Å². The van der Waals surface area contributed by atoms with Crippen LogP contribution in [0.15, 0.2) is 0 Å². The Hall–Kier alpha value is -1.59. The molecule has 20 heavy (non-hydrogen) atoms. The lowest BCUT2D eigenvalue weighted by atomic mass is 10.0. The first-order chi connectivity index (χ1) is 9.56. The molecule has 0 spiro atoms. The Morgan fingerprint density at radius 1 is 1.25 bits per heavy atom. The largest absolute Gasteiger partial charge is 0.464 e. The molecular formula is C14H25N5O. The van der Waals surface area contributed by atoms with Gasteiger partial charge in [0.2, 0.25) is 11.9 Å². The van der Waals surface area contributed by atoms with Gasteiger partial charge in [0.15, 0.2) is 0 Å². The second kappa shape index (κ2) is 6.24. The second-order valence-electron chi connectivity index (χ2n) is 5.67. The number of rotatable bonds is 6. The highest BCUT2D eigenvalue weighted by atomic mass is 16.5. The lowest BCUT2D eigenvalue weighted by molar-refractivity contribution is 0.311. The zero-order valence-corrected chi connectivity index (χ0v) is 12.9. The number of nitrogens with one attached hydrogen (secondary N) is 1. The average Bonchev–Trinajstić information content (AvgIpc) is 2.76. The number of nitrogens with zero attached hydrogens (tertiary/aromatic N) is 4. The Morgan fingerprint density at radius 3 is 2.65 bits per heavy atom. The summed E-state index contributed by atoms with van der Waals surface area (Å²) in [5.74, 6) is 1.31. The van der Waals surface area contributed by atoms with Crippen molar-refractivity contribution in [3.8, 4) is 6.01 Å². The SMILES string of the molecule is CCCNc1nc(OCC)nc(N2CCCC2(C)C)n1. The van der Waals surface area contributed by atoms with Crippen molar-refractivity contribution in [2.45, 2.75) is 52.5 Å². The van der Waals surface area contributed by atoms with Crippen molar-refractivity contribution in [1.29, 1.82) is 0 Å². The summed E-state index contributed by atoms with van der Waals surface area (Å²) in [7, 11) is 0. The zero-order chi connectivity index (χ0) is 14.6. The molecule has 1 aliphatic rings. The van der Waals surface area contributed by atoms with Crippen LogP contribution in [-0.2, 0) is 0 Å². The van der Waals surface area contributed by atoms with E-state index in [2.05, 4.69) is 45.9 Å². The van der Waals surface area contributed by atoms with Gasteiger partial charge in [-0.2, -0.15) is 15.0 Å². The molecule has 0 aliphatic carbocycles. The molecule has 0 unspecified atom stereocenters. The molecule has 1 N–H and O–H groups in total. The van der Waals surface area contributed by atoms with Crippen molar-refractivity contribution >= 4 is 11.9 Å². The van der Waals surface area contributed by atoms with Crippen molar-refractivity contribution in [2.24, 2.45) is 0 Å². The first kappa shape index (κ1) is 14.8. The normalized spacial score (nSPS) is 17.3. The molecular weight excluding hydrogens is 254 g/mol. The van der Waals surface area contributed by atoms with E-state index in [9.17, 15) is 0 Å². The van der Waals surface area contributed by atoms with Gasteiger partial charge in [-0.1, -0.05) is 6.92 Å². The van der Waals surface area contributed by atoms with Gasteiger partial charge in [0.05, 0.1) is 6.61 Å². The molecule has 0 aromatic carbocycles. The molecule has 6 heteroatoms. The van der Waals surface area contributed by atoms with Gasteiger partial charge in [0.1, 0.15) is 0 Å². The van der Waals surface area contributed by atoms with Crippen LogP contribution in [-0.4, -0.2) is 40.2 Å². The molecule has 1 aliphatic heterocycles. The van der Waals surface area contributed by atoms with Crippen LogP contribution in [0.3, 0.4) is 0 Å². The average molecular weight is 279 g/mol. The maximum absolute atomic E-state index is 5.47. The van der Waals surface area contributed by atoms with E-state index in [1.807, 2.05) is 6.92 Å². The highest BCUT2D eigenvalue weighted by Crippen LogP contribution is 2.32. The van der Waals surface area contributed by atoms with Crippen molar-refractivity contribution < 1.29 is 4.74 Å². The number of ether oxygens (including phenoxy) is 1. The zero-order valence-electron chi connectivity index (χ0n) is 12.9. The molecule has 6 nitrogen and oxygen atoms in total. The minimum Gasteiger partial charge on any atom is -0.464 e. The minimum atomic E-state index is 0.0901. The minimum absolute atomic E-state index is 0.0901. The van der Waals surface area contributed by atoms with Crippen LogP contribution in [0.2, 0.25) is 0 Å². The maximum atomic E-state index is 5.47. The van der Waals surface area contributed by atoms with Gasteiger partial charge < -0.3 is 15.0 Å². The molecule has 1 fully saturated rings. The molecule has 2 rings (SSSR count). The molecule has 0 atom stereocenters. The van der Waals surface area contributed by atoms with Gasteiger partial charge in [-0.25, -0.2) is 0 Å². The summed E-state index contributed by atoms with van der Waals surface area (Å²) < 4.78 is 5.47. The molecule has 1 saturated heterocycles. The van der Waals surface area contributed by atoms with Crippen LogP contribution < -0.4 is 15.0 Å². The molecule has 0 bridgehead atoms. The van der Waals surface area contributed by atoms with E-state index in [0.29, 0.717) is 24.5 Å². The highest BCUT2D eigenvalue weighted by molar-refractivity contribution is 5.42. The molecule has 112 valence electrons. The first-order valence-corrected chi connectivity index (χ1v) is 7.47. The first-order valence-electron chi connectivity index (χ1n) is 7.47. The third-order valence-corrected chi connectivity index (χ3v) is 3.55. The third kappa shape index (κ3) is 3.29. The number of hydrogen-bond donors (Lipinski definition) is 1. The van der Waals surface area contributed by atoms with E-state index in [4.69, 9.17) is 4.74 Å². The smallest absolute Gasteiger partial charge is 0.323 e. The van der Waals surface area contributed by atoms with Gasteiger partial charge in [0, 0.05) is 18.6 Å². The summed E-state index contributed by atoms with van der Waals surface area (Å²) >= 11 is 0. The Labute approximate surface area is 121 Å². The van der Waals surface area contributed by atoms with Crippen molar-refractivity contribution in [3.63, 3.8) is 0 Å². The molecule has 0 radical (unpaired) electrons. The van der Waals surface area contributed by atoms with Gasteiger partial charge in [-0.15, -0.1) is 0 Å². The van der Waals surface area contributed by atoms with E-state index in [0.717, 1.165) is 25.9 Å². The monoisotopic (exact) mass is 279 g/mol. The Balaban J connectivity index is 2.28. The quantitative estimate of drug-likeness (QED) is 0.863. The van der Waals surface area contributed by atoms with E-state index in [1.165, 1.54) is 6.42 Å². The van der Waals surface area contributed by atoms with Crippen LogP contribution >= 0.6 is 0 Å². The fourth-order valence-corrected chi connectivity index (χ4v) is 2.45. The Kier molecular flexibility index (Phi) is 4.62. The summed E-state index contributed by atoms with van der Waals surface area (Å²) in [6.07, 6.45) is 3.35. The Morgan fingerprint density at radius 2 is 2.05 bits per heavy atom. The van der Waals surface area contributed by atoms with Crippen molar-refractivity contribution in [2.75, 3.05) is 29.9 Å². The van der Waals surface area contributed by atoms with E-state index < -0.39 is 0 Å². The standard InChI is InChI=1S/C14H25N5O/c1-5-9-15-11-16-12(18-13(17-11)20-6-2)19-10-7-8-14(19,3)4/h5-10H2,1-4H3,(H,15,16,17,18). The number of hydrogen-bond acceptors (Lipinski definition) is 6. The maximum Gasteiger partial charge on any atom is 0.323 e. The Bertz CT molecular complexity index is 449. The summed E-state index contributed by atoms with van der Waals surface area (Å²) in [5, 5.41) is 3.22. The highest BCUT2D eigenvalue weighted by Gasteiger charge is 2.34. The number of anilines is 2. The van der Waals surface area contributed by atoms with Gasteiger partial charge >= 0.3 is 6.01 Å². The summed E-state index contributed by atoms with van der Waals surface area (Å²) in [5.41, 5.74) is 0.0901. The predicted octanol–water partition coefficient (Wildman–Crippen LogP) is 2.47. The molecule has 0 amide bonds. The van der Waals surface area contributed by atoms with Crippen LogP contribution in [0.25, 0.3) is 0 Å². The van der Waals surface area contributed by atoms with E-state index in [-0.39, 0.29) is 5.54 Å². The van der Waals surface area contributed by atoms with E-state index in [1.54, 1.807) is 0 Å². The van der Waals surface area contributed by atoms with Gasteiger partial charge in [-0.05, 0) is 40.0 Å². The fourth-order valence-electron chi connectivity index (χ4n) is 2.45. The van der Waals surface area contributed by atoms with Crippen LogP contribution in [0.4, 0.5) is 11.9 Å². The van der Waals surface area contributed by atoms with Crippen LogP contribution in [0.5, 0.6) is 6.01 Å². The van der Waals surface area contributed by atoms with Crippen LogP contribution in [0.1, 0.15) is 47.0 Å². The van der Waals surface area contributed by atoms with E-state index >= 15 is 0 Å².